The van der Waals surface area contributed by atoms with E-state index in [9.17, 15) is 0 Å². The van der Waals surface area contributed by atoms with Crippen LogP contribution in [-0.4, -0.2) is 6.54 Å². The van der Waals surface area contributed by atoms with E-state index < -0.39 is 0 Å². The fourth-order valence-corrected chi connectivity index (χ4v) is 1.81. The van der Waals surface area contributed by atoms with Crippen LogP contribution in [0.3, 0.4) is 0 Å². The molecule has 1 N–H and O–H groups in total. The van der Waals surface area contributed by atoms with E-state index in [-0.39, 0.29) is 0 Å². The molecule has 0 saturated carbocycles. The highest BCUT2D eigenvalue weighted by Gasteiger charge is 2.09. The third kappa shape index (κ3) is 1.23. The average Bonchev–Trinajstić information content (AvgIpc) is 2.06. The quantitative estimate of drug-likeness (QED) is 0.562. The number of nitrogens with one attached hydrogen (secondary N) is 1. The second kappa shape index (κ2) is 2.78. The molecule has 0 saturated heterocycles. The number of anilines is 1. The molecular formula is C9H11NS. The van der Waals surface area contributed by atoms with Crippen molar-refractivity contribution in [3.05, 3.63) is 23.8 Å². The van der Waals surface area contributed by atoms with Crippen LogP contribution in [0.15, 0.2) is 23.1 Å². The lowest BCUT2D eigenvalue weighted by Crippen LogP contribution is -2.11. The molecule has 1 heterocycles. The Kier molecular flexibility index (Phi) is 1.78. The maximum Gasteiger partial charge on any atom is 0.0383 e. The van der Waals surface area contributed by atoms with Gasteiger partial charge in [0.2, 0.25) is 0 Å². The zero-order chi connectivity index (χ0) is 7.68. The van der Waals surface area contributed by atoms with Gasteiger partial charge in [-0.05, 0) is 30.5 Å². The summed E-state index contributed by atoms with van der Waals surface area (Å²) < 4.78 is 0. The lowest BCUT2D eigenvalue weighted by Gasteiger charge is -2.18. The highest BCUT2D eigenvalue weighted by molar-refractivity contribution is 7.80. The maximum atomic E-state index is 4.40. The van der Waals surface area contributed by atoms with Crippen LogP contribution < -0.4 is 5.32 Å². The lowest BCUT2D eigenvalue weighted by molar-refractivity contribution is 0.815. The predicted octanol–water partition coefficient (Wildman–Crippen LogP) is 2.33. The first-order valence-electron chi connectivity index (χ1n) is 3.92. The van der Waals surface area contributed by atoms with Gasteiger partial charge in [0.1, 0.15) is 0 Å². The van der Waals surface area contributed by atoms with Crippen LogP contribution in [-0.2, 0) is 6.42 Å². The van der Waals surface area contributed by atoms with E-state index in [1.54, 1.807) is 0 Å². The Bertz CT molecular complexity index is 270. The van der Waals surface area contributed by atoms with Gasteiger partial charge < -0.3 is 5.32 Å². The third-order valence-electron chi connectivity index (χ3n) is 2.07. The Hall–Kier alpha value is -0.630. The largest absolute Gasteiger partial charge is 0.385 e. The fourth-order valence-electron chi connectivity index (χ4n) is 1.49. The predicted molar refractivity (Wildman–Crippen MR) is 50.5 cm³/mol. The van der Waals surface area contributed by atoms with E-state index in [4.69, 9.17) is 0 Å². The molecular weight excluding hydrogens is 154 g/mol. The van der Waals surface area contributed by atoms with Crippen molar-refractivity contribution in [3.63, 3.8) is 0 Å². The fraction of sp³-hybridized carbons (Fsp3) is 0.333. The molecule has 11 heavy (non-hydrogen) atoms. The van der Waals surface area contributed by atoms with Gasteiger partial charge in [-0.15, -0.1) is 12.6 Å². The second-order valence-corrected chi connectivity index (χ2v) is 3.32. The summed E-state index contributed by atoms with van der Waals surface area (Å²) in [4.78, 5) is 1.12. The minimum absolute atomic E-state index is 1.10. The average molecular weight is 165 g/mol. The topological polar surface area (TPSA) is 12.0 Å². The highest BCUT2D eigenvalue weighted by Crippen LogP contribution is 2.26. The zero-order valence-corrected chi connectivity index (χ0v) is 7.20. The van der Waals surface area contributed by atoms with Crippen LogP contribution in [0.2, 0.25) is 0 Å². The van der Waals surface area contributed by atoms with Gasteiger partial charge in [0.15, 0.2) is 0 Å². The van der Waals surface area contributed by atoms with Crippen molar-refractivity contribution in [2.75, 3.05) is 11.9 Å². The third-order valence-corrected chi connectivity index (χ3v) is 2.49. The van der Waals surface area contributed by atoms with Gasteiger partial charge >= 0.3 is 0 Å². The molecule has 0 unspecified atom stereocenters. The van der Waals surface area contributed by atoms with E-state index in [0.29, 0.717) is 0 Å². The van der Waals surface area contributed by atoms with Crippen LogP contribution in [0.1, 0.15) is 12.0 Å². The van der Waals surface area contributed by atoms with E-state index in [1.165, 1.54) is 24.1 Å². The summed E-state index contributed by atoms with van der Waals surface area (Å²) in [6.45, 7) is 1.10. The Balaban J connectivity index is 2.49. The minimum atomic E-state index is 1.10. The standard InChI is InChI=1S/C9H11NS/c11-9-5-1-4-8-7(9)3-2-6-10-8/h1,4-5,10-11H,2-3,6H2. The molecule has 2 rings (SSSR count). The van der Waals surface area contributed by atoms with Gasteiger partial charge in [0.25, 0.3) is 0 Å². The molecule has 58 valence electrons. The summed E-state index contributed by atoms with van der Waals surface area (Å²) in [7, 11) is 0. The van der Waals surface area contributed by atoms with E-state index in [1.807, 2.05) is 6.07 Å². The number of hydrogen-bond acceptors (Lipinski definition) is 2. The molecule has 2 heteroatoms. The van der Waals surface area contributed by atoms with Gasteiger partial charge in [-0.25, -0.2) is 0 Å². The van der Waals surface area contributed by atoms with Crippen molar-refractivity contribution >= 4 is 18.3 Å². The maximum absolute atomic E-state index is 4.40. The monoisotopic (exact) mass is 165 g/mol. The summed E-state index contributed by atoms with van der Waals surface area (Å²) in [5.41, 5.74) is 2.64. The smallest absolute Gasteiger partial charge is 0.0383 e. The molecule has 0 bridgehead atoms. The van der Waals surface area contributed by atoms with Crippen molar-refractivity contribution in [1.29, 1.82) is 0 Å². The molecule has 0 aliphatic carbocycles. The van der Waals surface area contributed by atoms with Crippen LogP contribution in [0.5, 0.6) is 0 Å². The zero-order valence-electron chi connectivity index (χ0n) is 6.30. The van der Waals surface area contributed by atoms with Crippen molar-refractivity contribution < 1.29 is 0 Å². The van der Waals surface area contributed by atoms with Gasteiger partial charge in [0, 0.05) is 17.1 Å². The first kappa shape index (κ1) is 7.04. The molecule has 1 aromatic carbocycles. The molecule has 1 nitrogen and oxygen atoms in total. The lowest BCUT2D eigenvalue weighted by atomic mass is 10.0. The van der Waals surface area contributed by atoms with Crippen LogP contribution in [0.25, 0.3) is 0 Å². The van der Waals surface area contributed by atoms with Gasteiger partial charge in [-0.1, -0.05) is 6.07 Å². The van der Waals surface area contributed by atoms with Crippen molar-refractivity contribution in [3.8, 4) is 0 Å². The molecule has 0 radical (unpaired) electrons. The minimum Gasteiger partial charge on any atom is -0.385 e. The summed E-state index contributed by atoms with van der Waals surface area (Å²) >= 11 is 4.40. The first-order valence-corrected chi connectivity index (χ1v) is 4.37. The highest BCUT2D eigenvalue weighted by atomic mass is 32.1. The second-order valence-electron chi connectivity index (χ2n) is 2.83. The van der Waals surface area contributed by atoms with Crippen LogP contribution >= 0.6 is 12.6 Å². The van der Waals surface area contributed by atoms with E-state index >= 15 is 0 Å². The van der Waals surface area contributed by atoms with E-state index in [2.05, 4.69) is 30.1 Å². The molecule has 0 atom stereocenters. The molecule has 0 spiro atoms. The Labute approximate surface area is 72.2 Å². The molecule has 1 aliphatic rings. The molecule has 0 fully saturated rings. The normalized spacial score (nSPS) is 15.4. The summed E-state index contributed by atoms with van der Waals surface area (Å²) in [6, 6.07) is 6.21. The summed E-state index contributed by atoms with van der Waals surface area (Å²) in [5, 5.41) is 3.35. The van der Waals surface area contributed by atoms with Crippen molar-refractivity contribution in [2.45, 2.75) is 17.7 Å². The van der Waals surface area contributed by atoms with Crippen molar-refractivity contribution in [2.24, 2.45) is 0 Å². The van der Waals surface area contributed by atoms with Crippen LogP contribution in [0, 0.1) is 0 Å². The SMILES string of the molecule is Sc1cccc2c1CCCN2. The molecule has 0 amide bonds. The number of thiol groups is 1. The van der Waals surface area contributed by atoms with Crippen molar-refractivity contribution in [1.82, 2.24) is 0 Å². The van der Waals surface area contributed by atoms with Gasteiger partial charge in [-0.3, -0.25) is 0 Å². The Morgan fingerprint density at radius 2 is 2.27 bits per heavy atom. The Morgan fingerprint density at radius 1 is 1.36 bits per heavy atom. The first-order chi connectivity index (χ1) is 5.38. The number of hydrogen-bond donors (Lipinski definition) is 2. The van der Waals surface area contributed by atoms with Gasteiger partial charge in [0.05, 0.1) is 0 Å². The Morgan fingerprint density at radius 3 is 3.09 bits per heavy atom. The van der Waals surface area contributed by atoms with E-state index in [0.717, 1.165) is 11.4 Å². The van der Waals surface area contributed by atoms with Gasteiger partial charge in [-0.2, -0.15) is 0 Å². The number of rotatable bonds is 0. The molecule has 1 aromatic rings. The number of fused-ring (bicyclic) bond motifs is 1. The molecule has 0 aromatic heterocycles. The summed E-state index contributed by atoms with van der Waals surface area (Å²) in [5.74, 6) is 0. The summed E-state index contributed by atoms with van der Waals surface area (Å²) in [6.07, 6.45) is 2.40. The molecule has 1 aliphatic heterocycles. The number of benzene rings is 1. The van der Waals surface area contributed by atoms with Crippen LogP contribution in [0.4, 0.5) is 5.69 Å².